The van der Waals surface area contributed by atoms with Crippen LogP contribution in [0.25, 0.3) is 0 Å². The van der Waals surface area contributed by atoms with Crippen LogP contribution in [0.3, 0.4) is 0 Å². The minimum absolute atomic E-state index is 0.409. The van der Waals surface area contributed by atoms with Crippen molar-refractivity contribution in [3.05, 3.63) is 0 Å². The van der Waals surface area contributed by atoms with Crippen molar-refractivity contribution in [2.75, 3.05) is 34.5 Å². The molecule has 0 aromatic rings. The van der Waals surface area contributed by atoms with Crippen molar-refractivity contribution >= 4 is 85.8 Å². The first-order chi connectivity index (χ1) is 7.20. The van der Waals surface area contributed by atoms with Crippen LogP contribution in [0.1, 0.15) is 0 Å². The van der Waals surface area contributed by atoms with Gasteiger partial charge < -0.3 is 0 Å². The van der Waals surface area contributed by atoms with Crippen LogP contribution in [0.2, 0.25) is 0 Å². The minimum atomic E-state index is 0.409. The molecule has 92 valence electrons. The van der Waals surface area contributed by atoms with Gasteiger partial charge in [-0.15, -0.1) is 23.5 Å². The van der Waals surface area contributed by atoms with E-state index in [0.717, 1.165) is 34.5 Å². The van der Waals surface area contributed by atoms with Crippen molar-refractivity contribution in [3.63, 3.8) is 0 Å². The summed E-state index contributed by atoms with van der Waals surface area (Å²) in [7, 11) is 0. The van der Waals surface area contributed by atoms with Gasteiger partial charge in [0.1, 0.15) is 0 Å². The molecular weight excluding hydrogens is 321 g/mol. The average molecular weight is 339 g/mol. The third kappa shape index (κ3) is 12.7. The maximum Gasteiger partial charge on any atom is 0.0563 e. The van der Waals surface area contributed by atoms with Gasteiger partial charge in [-0.05, 0) is 11.5 Å². The number of hydrogen-bond acceptors (Lipinski definition) is 7. The average Bonchev–Trinajstić information content (AvgIpc) is 2.24. The van der Waals surface area contributed by atoms with Crippen molar-refractivity contribution < 1.29 is 0 Å². The molecule has 0 fully saturated rings. The summed E-state index contributed by atoms with van der Waals surface area (Å²) in [6.07, 6.45) is 0. The summed E-state index contributed by atoms with van der Waals surface area (Å²) in [5.41, 5.74) is 0. The first-order valence-electron chi connectivity index (χ1n) is 4.59. The van der Waals surface area contributed by atoms with Crippen LogP contribution in [0.15, 0.2) is 0 Å². The molecular formula is C8H18S7. The molecule has 0 radical (unpaired) electrons. The van der Waals surface area contributed by atoms with Gasteiger partial charge in [0.2, 0.25) is 0 Å². The Morgan fingerprint density at radius 1 is 0.800 bits per heavy atom. The lowest BCUT2D eigenvalue weighted by Gasteiger charge is -2.13. The molecule has 2 atom stereocenters. The SMILES string of the molecule is SCCSCC(S)SCC(S)SCCS. The van der Waals surface area contributed by atoms with E-state index in [-0.39, 0.29) is 0 Å². The molecule has 0 aliphatic rings. The van der Waals surface area contributed by atoms with Crippen LogP contribution in [-0.2, 0) is 0 Å². The van der Waals surface area contributed by atoms with Crippen LogP contribution < -0.4 is 0 Å². The zero-order valence-corrected chi connectivity index (χ0v) is 14.4. The Labute approximate surface area is 128 Å². The minimum Gasteiger partial charge on any atom is -0.179 e. The van der Waals surface area contributed by atoms with E-state index in [4.69, 9.17) is 0 Å². The van der Waals surface area contributed by atoms with Crippen molar-refractivity contribution in [2.45, 2.75) is 9.16 Å². The lowest BCUT2D eigenvalue weighted by Crippen LogP contribution is -2.05. The highest BCUT2D eigenvalue weighted by Gasteiger charge is 2.08. The standard InChI is InChI=1S/C8H18S7/c9-1-3-13-5-7(11)15-6-8(12)14-4-2-10/h7-12H,1-6H2. The third-order valence-corrected chi connectivity index (χ3v) is 7.69. The van der Waals surface area contributed by atoms with Gasteiger partial charge in [0.25, 0.3) is 0 Å². The number of rotatable bonds is 10. The van der Waals surface area contributed by atoms with E-state index in [1.165, 1.54) is 0 Å². The summed E-state index contributed by atoms with van der Waals surface area (Å²) < 4.78 is 0.827. The van der Waals surface area contributed by atoms with Gasteiger partial charge in [-0.2, -0.15) is 62.3 Å². The van der Waals surface area contributed by atoms with Crippen LogP contribution in [0, 0.1) is 0 Å². The number of thioether (sulfide) groups is 3. The van der Waals surface area contributed by atoms with Gasteiger partial charge >= 0.3 is 0 Å². The summed E-state index contributed by atoms with van der Waals surface area (Å²) in [5, 5.41) is 0. The Kier molecular flexibility index (Phi) is 15.0. The normalized spacial score (nSPS) is 15.2. The highest BCUT2D eigenvalue weighted by atomic mass is 32.2. The largest absolute Gasteiger partial charge is 0.179 e. The fraction of sp³-hybridized carbons (Fsp3) is 1.00. The molecule has 0 spiro atoms. The van der Waals surface area contributed by atoms with E-state index >= 15 is 0 Å². The molecule has 0 amide bonds. The second kappa shape index (κ2) is 12.9. The molecule has 2 unspecified atom stereocenters. The van der Waals surface area contributed by atoms with E-state index < -0.39 is 0 Å². The second-order valence-electron chi connectivity index (χ2n) is 2.64. The zero-order valence-electron chi connectivity index (χ0n) is 8.41. The Hall–Kier alpha value is 2.45. The van der Waals surface area contributed by atoms with E-state index in [9.17, 15) is 0 Å². The summed E-state index contributed by atoms with van der Waals surface area (Å²) in [6.45, 7) is 0. The molecule has 0 bridgehead atoms. The molecule has 0 aromatic heterocycles. The molecule has 0 saturated heterocycles. The Balaban J connectivity index is 3.31. The quantitative estimate of drug-likeness (QED) is 0.273. The number of hydrogen-bond donors (Lipinski definition) is 4. The highest BCUT2D eigenvalue weighted by molar-refractivity contribution is 8.15. The van der Waals surface area contributed by atoms with E-state index in [2.05, 4.69) is 50.5 Å². The first kappa shape index (κ1) is 17.4. The third-order valence-electron chi connectivity index (χ3n) is 1.33. The molecule has 0 N–H and O–H groups in total. The fourth-order valence-electron chi connectivity index (χ4n) is 0.727. The van der Waals surface area contributed by atoms with Crippen LogP contribution in [0.5, 0.6) is 0 Å². The molecule has 0 nitrogen and oxygen atoms in total. The molecule has 0 aromatic carbocycles. The summed E-state index contributed by atoms with van der Waals surface area (Å²) >= 11 is 23.0. The Morgan fingerprint density at radius 3 is 2.00 bits per heavy atom. The van der Waals surface area contributed by atoms with Gasteiger partial charge in [-0.25, -0.2) is 0 Å². The van der Waals surface area contributed by atoms with E-state index in [1.807, 2.05) is 35.3 Å². The highest BCUT2D eigenvalue weighted by Crippen LogP contribution is 2.26. The number of thiol groups is 4. The second-order valence-corrected chi connectivity index (χ2v) is 9.17. The molecule has 15 heavy (non-hydrogen) atoms. The van der Waals surface area contributed by atoms with Gasteiger partial charge in [-0.3, -0.25) is 0 Å². The molecule has 0 aliphatic carbocycles. The smallest absolute Gasteiger partial charge is 0.0563 e. The van der Waals surface area contributed by atoms with E-state index in [0.29, 0.717) is 9.16 Å². The van der Waals surface area contributed by atoms with Gasteiger partial charge in [0.15, 0.2) is 0 Å². The Morgan fingerprint density at radius 2 is 1.40 bits per heavy atom. The molecule has 0 aliphatic heterocycles. The van der Waals surface area contributed by atoms with Gasteiger partial charge in [-0.1, -0.05) is 0 Å². The van der Waals surface area contributed by atoms with Crippen LogP contribution in [-0.4, -0.2) is 43.7 Å². The van der Waals surface area contributed by atoms with Crippen molar-refractivity contribution in [3.8, 4) is 0 Å². The predicted octanol–water partition coefficient (Wildman–Crippen LogP) is 3.56. The van der Waals surface area contributed by atoms with Gasteiger partial charge in [0.05, 0.1) is 9.16 Å². The molecule has 0 saturated carbocycles. The maximum absolute atomic E-state index is 4.53. The van der Waals surface area contributed by atoms with E-state index in [1.54, 1.807) is 0 Å². The van der Waals surface area contributed by atoms with Crippen molar-refractivity contribution in [1.82, 2.24) is 0 Å². The zero-order chi connectivity index (χ0) is 11.5. The monoisotopic (exact) mass is 338 g/mol. The lowest BCUT2D eigenvalue weighted by molar-refractivity contribution is 1.38. The van der Waals surface area contributed by atoms with Crippen LogP contribution in [0.4, 0.5) is 0 Å². The molecule has 7 heteroatoms. The van der Waals surface area contributed by atoms with Crippen molar-refractivity contribution in [2.24, 2.45) is 0 Å². The summed E-state index contributed by atoms with van der Waals surface area (Å²) in [4.78, 5) is 0. The predicted molar refractivity (Wildman–Crippen MR) is 95.5 cm³/mol. The molecule has 0 heterocycles. The lowest BCUT2D eigenvalue weighted by atomic mass is 10.9. The maximum atomic E-state index is 4.53. The first-order valence-corrected chi connectivity index (χ1v) is 10.1. The summed E-state index contributed by atoms with van der Waals surface area (Å²) in [5.74, 6) is 6.20. The summed E-state index contributed by atoms with van der Waals surface area (Å²) in [6, 6.07) is 0. The van der Waals surface area contributed by atoms with Crippen LogP contribution >= 0.6 is 85.8 Å². The fourth-order valence-corrected chi connectivity index (χ4v) is 5.14. The van der Waals surface area contributed by atoms with Gasteiger partial charge in [0, 0.05) is 23.0 Å². The van der Waals surface area contributed by atoms with Crippen molar-refractivity contribution in [1.29, 1.82) is 0 Å². The molecule has 0 rings (SSSR count). The topological polar surface area (TPSA) is 0 Å². The Bertz CT molecular complexity index is 132.